The molecule has 1 saturated carbocycles. The minimum Gasteiger partial charge on any atom is -0.325 e. The molecule has 1 aromatic rings. The molecule has 2 nitrogen and oxygen atoms in total. The summed E-state index contributed by atoms with van der Waals surface area (Å²) in [4.78, 5) is 2.54. The van der Waals surface area contributed by atoms with Gasteiger partial charge in [-0.3, -0.25) is 4.90 Å². The lowest BCUT2D eigenvalue weighted by Gasteiger charge is -2.15. The van der Waals surface area contributed by atoms with Gasteiger partial charge in [0.25, 0.3) is 0 Å². The Morgan fingerprint density at radius 3 is 2.18 bits per heavy atom. The Hall–Kier alpha value is -0.860. The Morgan fingerprint density at radius 2 is 1.59 bits per heavy atom. The molecule has 1 aliphatic carbocycles. The summed E-state index contributed by atoms with van der Waals surface area (Å²) >= 11 is 0. The zero-order valence-corrected chi connectivity index (χ0v) is 10.5. The van der Waals surface area contributed by atoms with Gasteiger partial charge in [-0.25, -0.2) is 0 Å². The summed E-state index contributed by atoms with van der Waals surface area (Å²) in [5, 5.41) is 0. The highest BCUT2D eigenvalue weighted by molar-refractivity contribution is 5.25. The zero-order chi connectivity index (χ0) is 11.7. The van der Waals surface area contributed by atoms with Crippen LogP contribution in [0, 0.1) is 0 Å². The second-order valence-corrected chi connectivity index (χ2v) is 5.84. The van der Waals surface area contributed by atoms with Crippen molar-refractivity contribution in [1.29, 1.82) is 0 Å². The van der Waals surface area contributed by atoms with Crippen LogP contribution in [-0.4, -0.2) is 23.5 Å². The van der Waals surface area contributed by atoms with Gasteiger partial charge in [0.2, 0.25) is 0 Å². The first-order valence-corrected chi connectivity index (χ1v) is 6.83. The van der Waals surface area contributed by atoms with E-state index in [-0.39, 0.29) is 5.54 Å². The van der Waals surface area contributed by atoms with Crippen LogP contribution in [0.25, 0.3) is 0 Å². The fourth-order valence-electron chi connectivity index (χ4n) is 2.71. The monoisotopic (exact) mass is 230 g/mol. The largest absolute Gasteiger partial charge is 0.325 e. The van der Waals surface area contributed by atoms with Crippen molar-refractivity contribution in [2.45, 2.75) is 44.2 Å². The van der Waals surface area contributed by atoms with Crippen LogP contribution in [0.3, 0.4) is 0 Å². The van der Waals surface area contributed by atoms with E-state index in [2.05, 4.69) is 29.2 Å². The van der Waals surface area contributed by atoms with Crippen LogP contribution in [0.5, 0.6) is 0 Å². The maximum Gasteiger partial charge on any atom is 0.0233 e. The summed E-state index contributed by atoms with van der Waals surface area (Å²) in [6, 6.07) is 9.08. The number of nitrogens with zero attached hydrogens (tertiary/aromatic N) is 1. The van der Waals surface area contributed by atoms with Gasteiger partial charge in [-0.2, -0.15) is 0 Å². The molecule has 1 aromatic carbocycles. The van der Waals surface area contributed by atoms with Gasteiger partial charge in [0.05, 0.1) is 0 Å². The van der Waals surface area contributed by atoms with E-state index in [0.29, 0.717) is 0 Å². The van der Waals surface area contributed by atoms with Crippen LogP contribution in [0.1, 0.15) is 36.8 Å². The lowest BCUT2D eigenvalue weighted by molar-refractivity contribution is 0.331. The van der Waals surface area contributed by atoms with E-state index >= 15 is 0 Å². The molecule has 0 unspecified atom stereocenters. The Labute approximate surface area is 104 Å². The number of likely N-dealkylation sites (tertiary alicyclic amines) is 1. The summed E-state index contributed by atoms with van der Waals surface area (Å²) in [7, 11) is 0. The molecule has 0 amide bonds. The lowest BCUT2D eigenvalue weighted by Crippen LogP contribution is -2.24. The van der Waals surface area contributed by atoms with E-state index in [4.69, 9.17) is 5.73 Å². The van der Waals surface area contributed by atoms with Crippen LogP contribution in [0.4, 0.5) is 0 Å². The third-order valence-electron chi connectivity index (χ3n) is 4.08. The number of benzene rings is 1. The summed E-state index contributed by atoms with van der Waals surface area (Å²) in [5.74, 6) is 0. The molecule has 0 aromatic heterocycles. The zero-order valence-electron chi connectivity index (χ0n) is 10.5. The van der Waals surface area contributed by atoms with Crippen molar-refractivity contribution >= 4 is 0 Å². The molecule has 1 saturated heterocycles. The highest BCUT2D eigenvalue weighted by Crippen LogP contribution is 2.35. The quantitative estimate of drug-likeness (QED) is 0.860. The molecule has 0 atom stereocenters. The van der Waals surface area contributed by atoms with Crippen molar-refractivity contribution in [3.05, 3.63) is 35.4 Å². The molecule has 2 fully saturated rings. The molecule has 2 aliphatic rings. The summed E-state index contributed by atoms with van der Waals surface area (Å²) < 4.78 is 0. The minimum absolute atomic E-state index is 0.135. The molecular weight excluding hydrogens is 208 g/mol. The summed E-state index contributed by atoms with van der Waals surface area (Å²) in [6.07, 6.45) is 6.18. The van der Waals surface area contributed by atoms with Crippen LogP contribution in [0.15, 0.2) is 24.3 Å². The maximum absolute atomic E-state index is 6.14. The van der Waals surface area contributed by atoms with Crippen molar-refractivity contribution in [1.82, 2.24) is 4.90 Å². The van der Waals surface area contributed by atoms with Crippen molar-refractivity contribution in [3.8, 4) is 0 Å². The van der Waals surface area contributed by atoms with E-state index < -0.39 is 0 Å². The van der Waals surface area contributed by atoms with Crippen molar-refractivity contribution in [2.24, 2.45) is 5.73 Å². The molecule has 1 heterocycles. The molecule has 0 radical (unpaired) electrons. The molecule has 2 heteroatoms. The molecule has 0 spiro atoms. The third kappa shape index (κ3) is 2.88. The maximum atomic E-state index is 6.14. The van der Waals surface area contributed by atoms with Gasteiger partial charge >= 0.3 is 0 Å². The van der Waals surface area contributed by atoms with Crippen molar-refractivity contribution < 1.29 is 0 Å². The smallest absolute Gasteiger partial charge is 0.0233 e. The van der Waals surface area contributed by atoms with Gasteiger partial charge in [0.15, 0.2) is 0 Å². The third-order valence-corrected chi connectivity index (χ3v) is 4.08. The van der Waals surface area contributed by atoms with Gasteiger partial charge in [0.1, 0.15) is 0 Å². The Kier molecular flexibility index (Phi) is 2.93. The highest BCUT2D eigenvalue weighted by atomic mass is 15.1. The van der Waals surface area contributed by atoms with Gasteiger partial charge in [0, 0.05) is 12.1 Å². The Morgan fingerprint density at radius 1 is 1.00 bits per heavy atom. The lowest BCUT2D eigenvalue weighted by atomic mass is 10.0. The first kappa shape index (κ1) is 11.2. The number of hydrogen-bond donors (Lipinski definition) is 1. The molecule has 2 N–H and O–H groups in total. The second-order valence-electron chi connectivity index (χ2n) is 5.84. The molecule has 0 bridgehead atoms. The number of nitrogens with two attached hydrogens (primary N) is 1. The van der Waals surface area contributed by atoms with Crippen LogP contribution in [-0.2, 0) is 13.0 Å². The van der Waals surface area contributed by atoms with Crippen LogP contribution in [0.2, 0.25) is 0 Å². The predicted molar refractivity (Wildman–Crippen MR) is 70.8 cm³/mol. The molecule has 17 heavy (non-hydrogen) atoms. The van der Waals surface area contributed by atoms with Crippen molar-refractivity contribution in [3.63, 3.8) is 0 Å². The van der Waals surface area contributed by atoms with Gasteiger partial charge in [-0.15, -0.1) is 0 Å². The van der Waals surface area contributed by atoms with E-state index in [1.54, 1.807) is 0 Å². The van der Waals surface area contributed by atoms with E-state index in [0.717, 1.165) is 13.0 Å². The van der Waals surface area contributed by atoms with Gasteiger partial charge < -0.3 is 5.73 Å². The Balaban J connectivity index is 1.59. The summed E-state index contributed by atoms with van der Waals surface area (Å²) in [6.45, 7) is 3.66. The minimum atomic E-state index is 0.135. The molecular formula is C15H22N2. The topological polar surface area (TPSA) is 29.3 Å². The second kappa shape index (κ2) is 4.43. The van der Waals surface area contributed by atoms with E-state index in [9.17, 15) is 0 Å². The Bertz CT molecular complexity index is 372. The molecule has 92 valence electrons. The standard InChI is InChI=1S/C15H22N2/c16-15(7-8-15)11-13-3-5-14(6-4-13)12-17-9-1-2-10-17/h3-6H,1-2,7-12,16H2. The fraction of sp³-hybridized carbons (Fsp3) is 0.600. The SMILES string of the molecule is NC1(Cc2ccc(CN3CCCC3)cc2)CC1. The van der Waals surface area contributed by atoms with Crippen molar-refractivity contribution in [2.75, 3.05) is 13.1 Å². The average molecular weight is 230 g/mol. The van der Waals surface area contributed by atoms with Crippen LogP contribution < -0.4 is 5.73 Å². The number of rotatable bonds is 4. The van der Waals surface area contributed by atoms with Gasteiger partial charge in [-0.1, -0.05) is 24.3 Å². The summed E-state index contributed by atoms with van der Waals surface area (Å²) in [5.41, 5.74) is 9.12. The highest BCUT2D eigenvalue weighted by Gasteiger charge is 2.37. The predicted octanol–water partition coefficient (Wildman–Crippen LogP) is 2.32. The van der Waals surface area contributed by atoms with E-state index in [1.165, 1.54) is 49.9 Å². The number of hydrogen-bond acceptors (Lipinski definition) is 2. The first-order chi connectivity index (χ1) is 8.23. The molecule has 3 rings (SSSR count). The first-order valence-electron chi connectivity index (χ1n) is 6.83. The average Bonchev–Trinajstić information content (AvgIpc) is 2.84. The fourth-order valence-corrected chi connectivity index (χ4v) is 2.71. The van der Waals surface area contributed by atoms with E-state index in [1.807, 2.05) is 0 Å². The molecule has 1 aliphatic heterocycles. The normalized spacial score (nSPS) is 22.9. The van der Waals surface area contributed by atoms with Crippen LogP contribution >= 0.6 is 0 Å². The van der Waals surface area contributed by atoms with Gasteiger partial charge in [-0.05, 0) is 56.3 Å².